The van der Waals surface area contributed by atoms with Crippen LogP contribution in [-0.2, 0) is 0 Å². The number of halogens is 1. The Bertz CT molecular complexity index is 829. The lowest BCUT2D eigenvalue weighted by Crippen LogP contribution is -2.35. The fourth-order valence-corrected chi connectivity index (χ4v) is 2.96. The molecule has 0 saturated heterocycles. The lowest BCUT2D eigenvalue weighted by molar-refractivity contribution is 0.0942. The first-order chi connectivity index (χ1) is 12.5. The van der Waals surface area contributed by atoms with E-state index in [0.717, 1.165) is 19.3 Å². The number of hydrogen-bond donors (Lipinski definition) is 1. The number of methoxy groups -OCH3 is 1. The Morgan fingerprint density at radius 3 is 2.88 bits per heavy atom. The quantitative estimate of drug-likeness (QED) is 0.829. The van der Waals surface area contributed by atoms with Crippen molar-refractivity contribution in [3.05, 3.63) is 41.7 Å². The molecule has 26 heavy (non-hydrogen) atoms. The van der Waals surface area contributed by atoms with Crippen molar-refractivity contribution >= 4 is 11.7 Å². The summed E-state index contributed by atoms with van der Waals surface area (Å²) in [5, 5.41) is 7.03. The van der Waals surface area contributed by atoms with Crippen molar-refractivity contribution in [2.45, 2.75) is 25.3 Å². The van der Waals surface area contributed by atoms with Crippen LogP contribution >= 0.6 is 0 Å². The summed E-state index contributed by atoms with van der Waals surface area (Å²) in [4.78, 5) is 14.6. The van der Waals surface area contributed by atoms with Crippen molar-refractivity contribution in [3.8, 4) is 17.1 Å². The Morgan fingerprint density at radius 2 is 2.23 bits per heavy atom. The molecule has 2 aromatic rings. The van der Waals surface area contributed by atoms with Crippen LogP contribution in [0.4, 0.5) is 10.2 Å². The summed E-state index contributed by atoms with van der Waals surface area (Å²) in [6, 6.07) is 4.29. The third kappa shape index (κ3) is 3.56. The molecule has 0 radical (unpaired) electrons. The molecule has 0 bridgehead atoms. The van der Waals surface area contributed by atoms with Crippen molar-refractivity contribution in [2.24, 2.45) is 0 Å². The van der Waals surface area contributed by atoms with Crippen LogP contribution in [0.25, 0.3) is 11.3 Å². The molecule has 1 aromatic heterocycles. The molecule has 1 unspecified atom stereocenters. The number of hydrogen-bond acceptors (Lipinski definition) is 5. The summed E-state index contributed by atoms with van der Waals surface area (Å²) in [6.45, 7) is 0. The Labute approximate surface area is 151 Å². The van der Waals surface area contributed by atoms with Crippen LogP contribution in [0.1, 0.15) is 29.6 Å². The van der Waals surface area contributed by atoms with E-state index in [1.54, 1.807) is 19.0 Å². The molecule has 1 atom stereocenters. The topological polar surface area (TPSA) is 67.6 Å². The van der Waals surface area contributed by atoms with Crippen molar-refractivity contribution in [1.29, 1.82) is 0 Å². The highest BCUT2D eigenvalue weighted by atomic mass is 19.1. The minimum atomic E-state index is -0.484. The normalized spacial score (nSPS) is 16.4. The smallest absolute Gasteiger partial charge is 0.259 e. The maximum absolute atomic E-state index is 13.7. The van der Waals surface area contributed by atoms with Crippen molar-refractivity contribution in [3.63, 3.8) is 0 Å². The van der Waals surface area contributed by atoms with Crippen molar-refractivity contribution in [1.82, 2.24) is 10.5 Å². The number of ether oxygens (including phenoxy) is 1. The van der Waals surface area contributed by atoms with Gasteiger partial charge >= 0.3 is 0 Å². The lowest BCUT2D eigenvalue weighted by Gasteiger charge is -2.19. The molecule has 0 spiro atoms. The number of benzene rings is 1. The van der Waals surface area contributed by atoms with Gasteiger partial charge in [0.05, 0.1) is 7.11 Å². The Balaban J connectivity index is 2.00. The van der Waals surface area contributed by atoms with E-state index in [1.807, 2.05) is 6.08 Å². The molecule has 7 heteroatoms. The number of rotatable bonds is 5. The fourth-order valence-electron chi connectivity index (χ4n) is 2.96. The number of aromatic nitrogens is 1. The van der Waals surface area contributed by atoms with Crippen molar-refractivity contribution < 1.29 is 18.4 Å². The van der Waals surface area contributed by atoms with Gasteiger partial charge in [-0.25, -0.2) is 4.39 Å². The van der Waals surface area contributed by atoms with Crippen LogP contribution in [0, 0.1) is 5.82 Å². The lowest BCUT2D eigenvalue weighted by atomic mass is 10.0. The largest absolute Gasteiger partial charge is 0.494 e. The van der Waals surface area contributed by atoms with Crippen LogP contribution < -0.4 is 15.0 Å². The van der Waals surface area contributed by atoms with E-state index in [1.165, 1.54) is 25.3 Å². The molecule has 1 amide bonds. The highest BCUT2D eigenvalue weighted by Gasteiger charge is 2.27. The number of anilines is 1. The highest BCUT2D eigenvalue weighted by molar-refractivity contribution is 6.04. The molecule has 1 N–H and O–H groups in total. The fraction of sp³-hybridized carbons (Fsp3) is 0.368. The van der Waals surface area contributed by atoms with Gasteiger partial charge in [0.2, 0.25) is 0 Å². The van der Waals surface area contributed by atoms with E-state index in [0.29, 0.717) is 16.9 Å². The van der Waals surface area contributed by atoms with Crippen LogP contribution in [0.5, 0.6) is 5.75 Å². The molecule has 1 aliphatic carbocycles. The second kappa shape index (κ2) is 7.59. The third-order valence-electron chi connectivity index (χ3n) is 4.31. The number of allylic oxidation sites excluding steroid dienone is 1. The van der Waals surface area contributed by atoms with Gasteiger partial charge in [0, 0.05) is 25.7 Å². The molecule has 1 aromatic carbocycles. The average Bonchev–Trinajstić information content (AvgIpc) is 3.08. The van der Waals surface area contributed by atoms with Gasteiger partial charge in [-0.05, 0) is 37.5 Å². The van der Waals surface area contributed by atoms with E-state index in [-0.39, 0.29) is 23.5 Å². The Morgan fingerprint density at radius 1 is 1.42 bits per heavy atom. The number of carbonyl (C=O) groups excluding carboxylic acids is 1. The minimum absolute atomic E-state index is 0.0169. The van der Waals surface area contributed by atoms with Crippen LogP contribution in [-0.4, -0.2) is 38.3 Å². The molecular formula is C19H22FN3O3. The predicted molar refractivity (Wildman–Crippen MR) is 97.0 cm³/mol. The second-order valence-corrected chi connectivity index (χ2v) is 6.39. The summed E-state index contributed by atoms with van der Waals surface area (Å²) < 4.78 is 24.2. The molecule has 138 valence electrons. The van der Waals surface area contributed by atoms with Gasteiger partial charge in [-0.15, -0.1) is 0 Å². The first kappa shape index (κ1) is 18.0. The van der Waals surface area contributed by atoms with Crippen LogP contribution in [0.15, 0.2) is 34.9 Å². The summed E-state index contributed by atoms with van der Waals surface area (Å²) in [5.41, 5.74) is 0.843. The first-order valence-electron chi connectivity index (χ1n) is 8.49. The standard InChI is InChI=1S/C19H22FN3O3/c1-23(2)18-16(19(24)21-13-7-5-4-6-8-13)17(26-22-18)12-9-10-14(20)15(11-12)25-3/h5,7,9-11,13H,4,6,8H2,1-3H3,(H,21,24). The maximum atomic E-state index is 13.7. The molecule has 3 rings (SSSR count). The Hall–Kier alpha value is -2.83. The van der Waals surface area contributed by atoms with Gasteiger partial charge in [-0.2, -0.15) is 0 Å². The zero-order valence-corrected chi connectivity index (χ0v) is 15.1. The zero-order chi connectivity index (χ0) is 18.7. The van der Waals surface area contributed by atoms with E-state index in [2.05, 4.69) is 16.5 Å². The molecule has 0 saturated carbocycles. The molecule has 0 aliphatic heterocycles. The first-order valence-corrected chi connectivity index (χ1v) is 8.49. The number of nitrogens with zero attached hydrogens (tertiary/aromatic N) is 2. The summed E-state index contributed by atoms with van der Waals surface area (Å²) in [6.07, 6.45) is 7.03. The molecular weight excluding hydrogens is 337 g/mol. The van der Waals surface area contributed by atoms with E-state index in [9.17, 15) is 9.18 Å². The summed E-state index contributed by atoms with van der Waals surface area (Å²) in [7, 11) is 4.95. The van der Waals surface area contributed by atoms with E-state index < -0.39 is 5.82 Å². The highest BCUT2D eigenvalue weighted by Crippen LogP contribution is 2.33. The van der Waals surface area contributed by atoms with Gasteiger partial charge in [-0.1, -0.05) is 17.3 Å². The molecule has 1 heterocycles. The van der Waals surface area contributed by atoms with Gasteiger partial charge in [-0.3, -0.25) is 4.79 Å². The number of nitrogens with one attached hydrogen (secondary N) is 1. The number of carbonyl (C=O) groups is 1. The van der Waals surface area contributed by atoms with E-state index >= 15 is 0 Å². The monoisotopic (exact) mass is 359 g/mol. The van der Waals surface area contributed by atoms with Crippen LogP contribution in [0.3, 0.4) is 0 Å². The van der Waals surface area contributed by atoms with Gasteiger partial charge in [0.15, 0.2) is 23.1 Å². The van der Waals surface area contributed by atoms with Gasteiger partial charge in [0.25, 0.3) is 5.91 Å². The molecule has 0 fully saturated rings. The average molecular weight is 359 g/mol. The molecule has 1 aliphatic rings. The van der Waals surface area contributed by atoms with Crippen LogP contribution in [0.2, 0.25) is 0 Å². The van der Waals surface area contributed by atoms with E-state index in [4.69, 9.17) is 9.26 Å². The Kier molecular flexibility index (Phi) is 5.25. The SMILES string of the molecule is COc1cc(-c2onc(N(C)C)c2C(=O)NC2C=CCCC2)ccc1F. The number of amides is 1. The predicted octanol–water partition coefficient (Wildman–Crippen LogP) is 3.39. The summed E-state index contributed by atoms with van der Waals surface area (Å²) in [5.74, 6) is 0.0171. The minimum Gasteiger partial charge on any atom is -0.494 e. The second-order valence-electron chi connectivity index (χ2n) is 6.39. The molecule has 6 nitrogen and oxygen atoms in total. The third-order valence-corrected chi connectivity index (χ3v) is 4.31. The van der Waals surface area contributed by atoms with Crippen molar-refractivity contribution in [2.75, 3.05) is 26.1 Å². The zero-order valence-electron chi connectivity index (χ0n) is 15.1. The summed E-state index contributed by atoms with van der Waals surface area (Å²) >= 11 is 0. The maximum Gasteiger partial charge on any atom is 0.259 e. The van der Waals surface area contributed by atoms with Gasteiger partial charge in [0.1, 0.15) is 5.56 Å². The van der Waals surface area contributed by atoms with Gasteiger partial charge < -0.3 is 19.5 Å².